The summed E-state index contributed by atoms with van der Waals surface area (Å²) in [5.41, 5.74) is 2.14. The zero-order valence-electron chi connectivity index (χ0n) is 15.3. The van der Waals surface area contributed by atoms with Crippen LogP contribution in [0.3, 0.4) is 0 Å². The molecule has 9 heteroatoms. The Morgan fingerprint density at radius 1 is 0.931 bits per heavy atom. The predicted molar refractivity (Wildman–Crippen MR) is 112 cm³/mol. The maximum Gasteiger partial charge on any atom is 0.319 e. The number of urea groups is 1. The van der Waals surface area contributed by atoms with Crippen LogP contribution in [0.5, 0.6) is 0 Å². The van der Waals surface area contributed by atoms with Gasteiger partial charge in [0.2, 0.25) is 10.0 Å². The van der Waals surface area contributed by atoms with E-state index in [4.69, 9.17) is 11.6 Å². The summed E-state index contributed by atoms with van der Waals surface area (Å²) in [4.78, 5) is 16.1. The first-order valence-corrected chi connectivity index (χ1v) is 10.6. The molecule has 0 aliphatic rings. The third kappa shape index (κ3) is 6.28. The van der Waals surface area contributed by atoms with Gasteiger partial charge in [0, 0.05) is 36.2 Å². The van der Waals surface area contributed by atoms with Gasteiger partial charge in [0.15, 0.2) is 0 Å². The summed E-state index contributed by atoms with van der Waals surface area (Å²) in [5, 5.41) is 6.01. The van der Waals surface area contributed by atoms with E-state index in [-0.39, 0.29) is 11.4 Å². The quantitative estimate of drug-likeness (QED) is 0.533. The van der Waals surface area contributed by atoms with Crippen LogP contribution in [0.25, 0.3) is 0 Å². The molecule has 7 nitrogen and oxygen atoms in total. The second-order valence-corrected chi connectivity index (χ2v) is 8.35. The van der Waals surface area contributed by atoms with Gasteiger partial charge in [-0.15, -0.1) is 0 Å². The van der Waals surface area contributed by atoms with Crippen LogP contribution in [0.4, 0.5) is 10.5 Å². The first-order valence-electron chi connectivity index (χ1n) is 8.70. The van der Waals surface area contributed by atoms with Gasteiger partial charge in [-0.3, -0.25) is 4.98 Å². The zero-order chi connectivity index (χ0) is 20.7. The predicted octanol–water partition coefficient (Wildman–Crippen LogP) is 3.54. The van der Waals surface area contributed by atoms with Gasteiger partial charge in [0.05, 0.1) is 4.90 Å². The number of aromatic nitrogens is 1. The highest BCUT2D eigenvalue weighted by Crippen LogP contribution is 2.15. The van der Waals surface area contributed by atoms with Gasteiger partial charge in [0.25, 0.3) is 0 Å². The molecule has 0 atom stereocenters. The largest absolute Gasteiger partial charge is 0.334 e. The number of nitrogens with one attached hydrogen (secondary N) is 3. The molecule has 2 amide bonds. The lowest BCUT2D eigenvalue weighted by Gasteiger charge is -2.10. The van der Waals surface area contributed by atoms with Crippen LogP contribution < -0.4 is 15.4 Å². The molecule has 0 aliphatic heterocycles. The third-order valence-electron chi connectivity index (χ3n) is 3.98. The number of carbonyl (C=O) groups is 1. The van der Waals surface area contributed by atoms with Crippen LogP contribution in [-0.4, -0.2) is 19.4 Å². The van der Waals surface area contributed by atoms with Crippen molar-refractivity contribution < 1.29 is 13.2 Å². The summed E-state index contributed by atoms with van der Waals surface area (Å²) in [5.74, 6) is 0. The molecule has 0 unspecified atom stereocenters. The highest BCUT2D eigenvalue weighted by Gasteiger charge is 2.14. The van der Waals surface area contributed by atoms with Crippen molar-refractivity contribution in [1.29, 1.82) is 0 Å². The molecule has 3 aromatic rings. The summed E-state index contributed by atoms with van der Waals surface area (Å²) in [6, 6.07) is 16.2. The fourth-order valence-electron chi connectivity index (χ4n) is 2.44. The SMILES string of the molecule is O=C(NCc1ccc(Cl)cc1)Nc1ccc(S(=O)(=O)NCc2cccnc2)cc1. The van der Waals surface area contributed by atoms with Gasteiger partial charge in [-0.1, -0.05) is 29.8 Å². The Bertz CT molecular complexity index is 1060. The molecule has 0 bridgehead atoms. The molecule has 29 heavy (non-hydrogen) atoms. The van der Waals surface area contributed by atoms with E-state index in [0.29, 0.717) is 17.3 Å². The number of carbonyl (C=O) groups excluding carboxylic acids is 1. The molecule has 0 saturated heterocycles. The monoisotopic (exact) mass is 430 g/mol. The lowest BCUT2D eigenvalue weighted by Crippen LogP contribution is -2.28. The molecule has 150 valence electrons. The van der Waals surface area contributed by atoms with Crippen molar-refractivity contribution in [2.24, 2.45) is 0 Å². The van der Waals surface area contributed by atoms with Crippen molar-refractivity contribution in [3.8, 4) is 0 Å². The average Bonchev–Trinajstić information content (AvgIpc) is 2.73. The normalized spacial score (nSPS) is 11.1. The number of rotatable bonds is 7. The molecule has 1 heterocycles. The van der Waals surface area contributed by atoms with Gasteiger partial charge in [-0.2, -0.15) is 0 Å². The molecular weight excluding hydrogens is 412 g/mol. The van der Waals surface area contributed by atoms with E-state index in [1.807, 2.05) is 12.1 Å². The summed E-state index contributed by atoms with van der Waals surface area (Å²) in [6.45, 7) is 0.483. The Morgan fingerprint density at radius 3 is 2.31 bits per heavy atom. The fraction of sp³-hybridized carbons (Fsp3) is 0.100. The van der Waals surface area contributed by atoms with Gasteiger partial charge in [-0.05, 0) is 53.6 Å². The van der Waals surface area contributed by atoms with Gasteiger partial charge in [0.1, 0.15) is 0 Å². The summed E-state index contributed by atoms with van der Waals surface area (Å²) < 4.78 is 27.3. The molecule has 0 saturated carbocycles. The highest BCUT2D eigenvalue weighted by atomic mass is 35.5. The molecule has 1 aromatic heterocycles. The lowest BCUT2D eigenvalue weighted by molar-refractivity contribution is 0.251. The molecule has 0 spiro atoms. The fourth-order valence-corrected chi connectivity index (χ4v) is 3.59. The Morgan fingerprint density at radius 2 is 1.66 bits per heavy atom. The first-order chi connectivity index (χ1) is 13.9. The number of nitrogens with zero attached hydrogens (tertiary/aromatic N) is 1. The third-order valence-corrected chi connectivity index (χ3v) is 5.65. The Balaban J connectivity index is 1.53. The van der Waals surface area contributed by atoms with Crippen molar-refractivity contribution in [2.75, 3.05) is 5.32 Å². The van der Waals surface area contributed by atoms with E-state index in [0.717, 1.165) is 11.1 Å². The van der Waals surface area contributed by atoms with Crippen LogP contribution in [0, 0.1) is 0 Å². The number of halogens is 1. The van der Waals surface area contributed by atoms with Crippen LogP contribution in [-0.2, 0) is 23.1 Å². The van der Waals surface area contributed by atoms with E-state index in [9.17, 15) is 13.2 Å². The van der Waals surface area contributed by atoms with E-state index < -0.39 is 16.1 Å². The Labute approximate surface area is 174 Å². The number of amides is 2. The van der Waals surface area contributed by atoms with Crippen molar-refractivity contribution in [3.63, 3.8) is 0 Å². The maximum absolute atomic E-state index is 12.4. The molecule has 0 radical (unpaired) electrons. The molecule has 2 aromatic carbocycles. The summed E-state index contributed by atoms with van der Waals surface area (Å²) in [7, 11) is -3.67. The molecule has 0 aliphatic carbocycles. The molecule has 0 fully saturated rings. The molecular formula is C20H19ClN4O3S. The number of benzene rings is 2. The number of sulfonamides is 1. The van der Waals surface area contributed by atoms with Crippen LogP contribution in [0.1, 0.15) is 11.1 Å². The Kier molecular flexibility index (Phi) is 6.82. The molecule has 3 N–H and O–H groups in total. The minimum atomic E-state index is -3.67. The van der Waals surface area contributed by atoms with E-state index >= 15 is 0 Å². The van der Waals surface area contributed by atoms with Gasteiger partial charge in [-0.25, -0.2) is 17.9 Å². The maximum atomic E-state index is 12.4. The van der Waals surface area contributed by atoms with Gasteiger partial charge < -0.3 is 10.6 Å². The standard InChI is InChI=1S/C20H19ClN4O3S/c21-17-5-3-15(4-6-17)13-23-20(26)25-18-7-9-19(10-8-18)29(27,28)24-14-16-2-1-11-22-12-16/h1-12,24H,13-14H2,(H2,23,25,26). The van der Waals surface area contributed by atoms with Crippen molar-refractivity contribution in [3.05, 3.63) is 89.2 Å². The van der Waals surface area contributed by atoms with Crippen molar-refractivity contribution >= 4 is 33.3 Å². The zero-order valence-corrected chi connectivity index (χ0v) is 16.9. The van der Waals surface area contributed by atoms with Crippen molar-refractivity contribution in [2.45, 2.75) is 18.0 Å². The summed E-state index contributed by atoms with van der Waals surface area (Å²) >= 11 is 5.83. The number of pyridine rings is 1. The lowest BCUT2D eigenvalue weighted by atomic mass is 10.2. The van der Waals surface area contributed by atoms with E-state index in [1.165, 1.54) is 24.3 Å². The van der Waals surface area contributed by atoms with E-state index in [1.54, 1.807) is 36.7 Å². The second kappa shape index (κ2) is 9.51. The number of hydrogen-bond acceptors (Lipinski definition) is 4. The minimum Gasteiger partial charge on any atom is -0.334 e. The van der Waals surface area contributed by atoms with Crippen LogP contribution in [0.2, 0.25) is 5.02 Å². The second-order valence-electron chi connectivity index (χ2n) is 6.14. The molecule has 3 rings (SSSR count). The van der Waals surface area contributed by atoms with Gasteiger partial charge >= 0.3 is 6.03 Å². The summed E-state index contributed by atoms with van der Waals surface area (Å²) in [6.07, 6.45) is 3.22. The van der Waals surface area contributed by atoms with Crippen LogP contribution >= 0.6 is 11.6 Å². The topological polar surface area (TPSA) is 100 Å². The number of hydrogen-bond donors (Lipinski definition) is 3. The minimum absolute atomic E-state index is 0.105. The Hall–Kier alpha value is -2.94. The highest BCUT2D eigenvalue weighted by molar-refractivity contribution is 7.89. The van der Waals surface area contributed by atoms with Crippen LogP contribution in [0.15, 0.2) is 78.0 Å². The van der Waals surface area contributed by atoms with Crippen molar-refractivity contribution in [1.82, 2.24) is 15.0 Å². The average molecular weight is 431 g/mol. The first kappa shape index (κ1) is 20.8. The van der Waals surface area contributed by atoms with E-state index in [2.05, 4.69) is 20.3 Å². The number of anilines is 1. The smallest absolute Gasteiger partial charge is 0.319 e.